The minimum absolute atomic E-state index is 0.0517. The van der Waals surface area contributed by atoms with Crippen LogP contribution in [0.15, 0.2) is 24.3 Å². The molecule has 0 saturated carbocycles. The van der Waals surface area contributed by atoms with Crippen LogP contribution in [-0.4, -0.2) is 53.2 Å². The molecule has 10 heteroatoms. The van der Waals surface area contributed by atoms with Gasteiger partial charge in [0.15, 0.2) is 11.7 Å². The molecule has 0 spiro atoms. The Balaban J connectivity index is 1.98. The van der Waals surface area contributed by atoms with Crippen molar-refractivity contribution in [3.05, 3.63) is 35.4 Å². The fourth-order valence-electron chi connectivity index (χ4n) is 2.69. The van der Waals surface area contributed by atoms with Crippen LogP contribution in [-0.2, 0) is 31.8 Å². The van der Waals surface area contributed by atoms with E-state index in [9.17, 15) is 32.3 Å². The SMILES string of the molecule is O=C(O)CNC(=O)C1C(=O)CCN(CCc2ccc(C(F)(F)F)cc2)C1=O. The molecule has 1 fully saturated rings. The molecule has 1 aliphatic heterocycles. The van der Waals surface area contributed by atoms with Crippen LogP contribution in [0.1, 0.15) is 17.5 Å². The minimum atomic E-state index is -4.43. The first-order valence-corrected chi connectivity index (χ1v) is 8.06. The van der Waals surface area contributed by atoms with Gasteiger partial charge < -0.3 is 15.3 Å². The van der Waals surface area contributed by atoms with Crippen molar-refractivity contribution >= 4 is 23.6 Å². The molecule has 0 radical (unpaired) electrons. The van der Waals surface area contributed by atoms with Gasteiger partial charge in [0.1, 0.15) is 6.54 Å². The van der Waals surface area contributed by atoms with Crippen molar-refractivity contribution in [1.82, 2.24) is 10.2 Å². The van der Waals surface area contributed by atoms with Crippen molar-refractivity contribution in [3.63, 3.8) is 0 Å². The molecule has 2 amide bonds. The number of ketones is 1. The lowest BCUT2D eigenvalue weighted by Crippen LogP contribution is -2.53. The first-order chi connectivity index (χ1) is 12.6. The molecule has 27 heavy (non-hydrogen) atoms. The monoisotopic (exact) mass is 386 g/mol. The van der Waals surface area contributed by atoms with Crippen molar-refractivity contribution in [1.29, 1.82) is 0 Å². The summed E-state index contributed by atoms with van der Waals surface area (Å²) < 4.78 is 37.7. The molecule has 1 atom stereocenters. The number of benzene rings is 1. The average Bonchev–Trinajstić information content (AvgIpc) is 2.59. The number of Topliss-reactive ketones (excluding diaryl/α,β-unsaturated/α-hetero) is 1. The fraction of sp³-hybridized carbons (Fsp3) is 0.412. The van der Waals surface area contributed by atoms with Gasteiger partial charge in [-0.3, -0.25) is 19.2 Å². The topological polar surface area (TPSA) is 104 Å². The highest BCUT2D eigenvalue weighted by Gasteiger charge is 2.40. The molecule has 0 aromatic heterocycles. The highest BCUT2D eigenvalue weighted by Crippen LogP contribution is 2.29. The molecule has 1 aromatic rings. The summed E-state index contributed by atoms with van der Waals surface area (Å²) in [6.45, 7) is -0.483. The van der Waals surface area contributed by atoms with E-state index in [2.05, 4.69) is 0 Å². The molecule has 1 aliphatic rings. The van der Waals surface area contributed by atoms with E-state index in [1.807, 2.05) is 5.32 Å². The van der Waals surface area contributed by atoms with E-state index in [1.54, 1.807) is 0 Å². The van der Waals surface area contributed by atoms with E-state index in [0.29, 0.717) is 5.56 Å². The highest BCUT2D eigenvalue weighted by molar-refractivity contribution is 6.19. The summed E-state index contributed by atoms with van der Waals surface area (Å²) in [5.41, 5.74) is -0.208. The summed E-state index contributed by atoms with van der Waals surface area (Å²) in [6, 6.07) is 4.50. The van der Waals surface area contributed by atoms with Gasteiger partial charge >= 0.3 is 12.1 Å². The molecule has 146 valence electrons. The molecule has 1 heterocycles. The van der Waals surface area contributed by atoms with E-state index >= 15 is 0 Å². The number of rotatable bonds is 6. The second-order valence-electron chi connectivity index (χ2n) is 6.03. The molecule has 0 bridgehead atoms. The first-order valence-electron chi connectivity index (χ1n) is 8.06. The zero-order valence-corrected chi connectivity index (χ0v) is 14.1. The third-order valence-electron chi connectivity index (χ3n) is 4.14. The summed E-state index contributed by atoms with van der Waals surface area (Å²) >= 11 is 0. The second-order valence-corrected chi connectivity index (χ2v) is 6.03. The van der Waals surface area contributed by atoms with Gasteiger partial charge in [-0.05, 0) is 24.1 Å². The van der Waals surface area contributed by atoms with E-state index in [1.165, 1.54) is 17.0 Å². The van der Waals surface area contributed by atoms with E-state index in [0.717, 1.165) is 12.1 Å². The van der Waals surface area contributed by atoms with Gasteiger partial charge in [0.2, 0.25) is 11.8 Å². The maximum Gasteiger partial charge on any atom is 0.416 e. The predicted octanol–water partition coefficient (Wildman–Crippen LogP) is 0.866. The number of carbonyl (C=O) groups excluding carboxylic acids is 3. The predicted molar refractivity (Wildman–Crippen MR) is 85.5 cm³/mol. The maximum atomic E-state index is 12.6. The molecule has 1 saturated heterocycles. The largest absolute Gasteiger partial charge is 0.480 e. The number of hydrogen-bond donors (Lipinski definition) is 2. The van der Waals surface area contributed by atoms with Gasteiger partial charge in [-0.15, -0.1) is 0 Å². The average molecular weight is 386 g/mol. The van der Waals surface area contributed by atoms with Crippen molar-refractivity contribution in [2.24, 2.45) is 5.92 Å². The normalized spacial score (nSPS) is 17.7. The molecular formula is C17H17F3N2O5. The Morgan fingerprint density at radius 2 is 1.81 bits per heavy atom. The molecular weight excluding hydrogens is 369 g/mol. The summed E-state index contributed by atoms with van der Waals surface area (Å²) in [4.78, 5) is 48.0. The molecule has 2 rings (SSSR count). The Hall–Kier alpha value is -2.91. The Morgan fingerprint density at radius 1 is 1.19 bits per heavy atom. The lowest BCUT2D eigenvalue weighted by molar-refractivity contribution is -0.152. The van der Waals surface area contributed by atoms with Crippen LogP contribution in [0.4, 0.5) is 13.2 Å². The lowest BCUT2D eigenvalue weighted by atomic mass is 9.94. The van der Waals surface area contributed by atoms with Crippen molar-refractivity contribution in [2.75, 3.05) is 19.6 Å². The third-order valence-corrected chi connectivity index (χ3v) is 4.14. The molecule has 7 nitrogen and oxygen atoms in total. The van der Waals surface area contributed by atoms with E-state index < -0.39 is 47.8 Å². The number of likely N-dealkylation sites (tertiary alicyclic amines) is 1. The molecule has 2 N–H and O–H groups in total. The molecule has 1 unspecified atom stereocenters. The Labute approximate surface area is 152 Å². The number of alkyl halides is 3. The van der Waals surface area contributed by atoms with Gasteiger partial charge in [-0.1, -0.05) is 12.1 Å². The van der Waals surface area contributed by atoms with Crippen LogP contribution in [0.2, 0.25) is 0 Å². The third kappa shape index (κ3) is 5.28. The van der Waals surface area contributed by atoms with Crippen LogP contribution >= 0.6 is 0 Å². The molecule has 1 aromatic carbocycles. The number of nitrogens with zero attached hydrogens (tertiary/aromatic N) is 1. The summed E-state index contributed by atoms with van der Waals surface area (Å²) in [7, 11) is 0. The Morgan fingerprint density at radius 3 is 2.37 bits per heavy atom. The molecule has 0 aliphatic carbocycles. The maximum absolute atomic E-state index is 12.6. The fourth-order valence-corrected chi connectivity index (χ4v) is 2.69. The first kappa shape index (κ1) is 20.4. The number of halogens is 3. The number of hydrogen-bond acceptors (Lipinski definition) is 4. The number of carbonyl (C=O) groups is 4. The van der Waals surface area contributed by atoms with Crippen LogP contribution in [0.25, 0.3) is 0 Å². The highest BCUT2D eigenvalue weighted by atomic mass is 19.4. The number of aliphatic carboxylic acids is 1. The summed E-state index contributed by atoms with van der Waals surface area (Å²) in [5.74, 6) is -5.19. The zero-order chi connectivity index (χ0) is 20.2. The number of carboxylic acid groups (broad SMARTS) is 1. The van der Waals surface area contributed by atoms with Gasteiger partial charge in [-0.2, -0.15) is 13.2 Å². The number of amides is 2. The van der Waals surface area contributed by atoms with Crippen molar-refractivity contribution < 1.29 is 37.5 Å². The smallest absolute Gasteiger partial charge is 0.416 e. The number of piperidine rings is 1. The van der Waals surface area contributed by atoms with E-state index in [4.69, 9.17) is 5.11 Å². The zero-order valence-electron chi connectivity index (χ0n) is 14.1. The van der Waals surface area contributed by atoms with Gasteiger partial charge in [0, 0.05) is 19.5 Å². The minimum Gasteiger partial charge on any atom is -0.480 e. The van der Waals surface area contributed by atoms with Crippen LogP contribution in [0, 0.1) is 5.92 Å². The van der Waals surface area contributed by atoms with Crippen LogP contribution in [0.5, 0.6) is 0 Å². The van der Waals surface area contributed by atoms with Crippen LogP contribution in [0.3, 0.4) is 0 Å². The standard InChI is InChI=1S/C17H17F3N2O5/c18-17(19,20)11-3-1-10(2-4-11)5-7-22-8-6-12(23)14(16(22)27)15(26)21-9-13(24)25/h1-4,14H,5-9H2,(H,21,26)(H,24,25). The Bertz CT molecular complexity index is 746. The van der Waals surface area contributed by atoms with Crippen LogP contribution < -0.4 is 5.32 Å². The van der Waals surface area contributed by atoms with Gasteiger partial charge in [0.25, 0.3) is 0 Å². The Kier molecular flexibility index (Phi) is 6.19. The van der Waals surface area contributed by atoms with Gasteiger partial charge in [0.05, 0.1) is 5.56 Å². The quantitative estimate of drug-likeness (QED) is 0.706. The van der Waals surface area contributed by atoms with Crippen molar-refractivity contribution in [3.8, 4) is 0 Å². The number of nitrogens with one attached hydrogen (secondary N) is 1. The van der Waals surface area contributed by atoms with E-state index in [-0.39, 0.29) is 25.9 Å². The number of carboxylic acids is 1. The van der Waals surface area contributed by atoms with Crippen molar-refractivity contribution in [2.45, 2.75) is 19.0 Å². The lowest BCUT2D eigenvalue weighted by Gasteiger charge is -2.30. The summed E-state index contributed by atoms with van der Waals surface area (Å²) in [6.07, 6.45) is -4.23. The summed E-state index contributed by atoms with van der Waals surface area (Å²) in [5, 5.41) is 10.6. The van der Waals surface area contributed by atoms with Gasteiger partial charge in [-0.25, -0.2) is 0 Å². The second kappa shape index (κ2) is 8.19.